The highest BCUT2D eigenvalue weighted by molar-refractivity contribution is 5.45. The molecule has 130 valence electrons. The van der Waals surface area contributed by atoms with Crippen molar-refractivity contribution in [2.45, 2.75) is 18.3 Å². The molecule has 1 aliphatic heterocycles. The maximum atomic E-state index is 5.61. The van der Waals surface area contributed by atoms with Crippen molar-refractivity contribution >= 4 is 11.5 Å². The van der Waals surface area contributed by atoms with Crippen molar-refractivity contribution in [2.24, 2.45) is 0 Å². The number of methoxy groups -OCH3 is 1. The second-order valence-corrected chi connectivity index (χ2v) is 6.19. The lowest BCUT2D eigenvalue weighted by Gasteiger charge is -2.38. The smallest absolute Gasteiger partial charge is 0.200 e. The number of nitrogens with zero attached hydrogens (tertiary/aromatic N) is 5. The fraction of sp³-hybridized carbons (Fsp3) is 0.412. The lowest BCUT2D eigenvalue weighted by molar-refractivity contribution is 0.0535. The van der Waals surface area contributed by atoms with Crippen molar-refractivity contribution in [3.8, 4) is 5.75 Å². The lowest BCUT2D eigenvalue weighted by Crippen LogP contribution is -2.40. The van der Waals surface area contributed by atoms with E-state index in [4.69, 9.17) is 9.47 Å². The van der Waals surface area contributed by atoms with Gasteiger partial charge in [-0.2, -0.15) is 0 Å². The van der Waals surface area contributed by atoms with Crippen LogP contribution in [-0.4, -0.2) is 52.1 Å². The van der Waals surface area contributed by atoms with Crippen molar-refractivity contribution in [2.75, 3.05) is 32.2 Å². The molecule has 0 saturated carbocycles. The van der Waals surface area contributed by atoms with Gasteiger partial charge in [-0.3, -0.25) is 0 Å². The zero-order valence-electron chi connectivity index (χ0n) is 14.1. The summed E-state index contributed by atoms with van der Waals surface area (Å²) in [5.74, 6) is 1.65. The van der Waals surface area contributed by atoms with Crippen LogP contribution < -0.4 is 10.1 Å². The number of hydrogen-bond donors (Lipinski definition) is 1. The number of tetrazole rings is 1. The maximum absolute atomic E-state index is 5.61. The number of nitrogens with one attached hydrogen (secondary N) is 1. The van der Waals surface area contributed by atoms with Crippen LogP contribution in [0.5, 0.6) is 5.75 Å². The fourth-order valence-corrected chi connectivity index (χ4v) is 3.39. The van der Waals surface area contributed by atoms with Crippen molar-refractivity contribution < 1.29 is 9.47 Å². The van der Waals surface area contributed by atoms with Crippen LogP contribution in [0.3, 0.4) is 0 Å². The molecule has 25 heavy (non-hydrogen) atoms. The standard InChI is InChI=1S/C17H20N6O2/c1-24-14-5-3-2-4-13(14)17(8-10-25-11-9-17)12-18-15-6-7-16-19-21-22-23(16)20-15/h2-7H,8-12H2,1H3,(H,18,20). The molecule has 0 unspecified atom stereocenters. The summed E-state index contributed by atoms with van der Waals surface area (Å²) >= 11 is 0. The highest BCUT2D eigenvalue weighted by Gasteiger charge is 2.36. The Labute approximate surface area is 145 Å². The van der Waals surface area contributed by atoms with Crippen molar-refractivity contribution in [1.29, 1.82) is 0 Å². The molecule has 0 radical (unpaired) electrons. The number of anilines is 1. The van der Waals surface area contributed by atoms with E-state index in [1.807, 2.05) is 24.3 Å². The van der Waals surface area contributed by atoms with Crippen LogP contribution >= 0.6 is 0 Å². The van der Waals surface area contributed by atoms with Crippen molar-refractivity contribution in [3.05, 3.63) is 42.0 Å². The Morgan fingerprint density at radius 2 is 2.04 bits per heavy atom. The number of para-hydroxylation sites is 1. The SMILES string of the molecule is COc1ccccc1C1(CNc2ccc3nnnn3n2)CCOCC1. The molecule has 0 aliphatic carbocycles. The van der Waals surface area contributed by atoms with E-state index in [-0.39, 0.29) is 5.41 Å². The summed E-state index contributed by atoms with van der Waals surface area (Å²) in [6.07, 6.45) is 1.85. The molecule has 1 saturated heterocycles. The van der Waals surface area contributed by atoms with Gasteiger partial charge in [0, 0.05) is 30.7 Å². The monoisotopic (exact) mass is 340 g/mol. The summed E-state index contributed by atoms with van der Waals surface area (Å²) < 4.78 is 12.6. The summed E-state index contributed by atoms with van der Waals surface area (Å²) in [5, 5.41) is 19.2. The van der Waals surface area contributed by atoms with Crippen LogP contribution in [0.1, 0.15) is 18.4 Å². The van der Waals surface area contributed by atoms with E-state index in [0.29, 0.717) is 5.65 Å². The molecule has 0 bridgehead atoms. The molecule has 0 atom stereocenters. The topological polar surface area (TPSA) is 86.5 Å². The first-order valence-electron chi connectivity index (χ1n) is 8.31. The van der Waals surface area contributed by atoms with Gasteiger partial charge in [-0.1, -0.05) is 18.2 Å². The summed E-state index contributed by atoms with van der Waals surface area (Å²) in [6.45, 7) is 2.20. The summed E-state index contributed by atoms with van der Waals surface area (Å²) in [7, 11) is 1.71. The molecule has 3 heterocycles. The third-order valence-electron chi connectivity index (χ3n) is 4.81. The Morgan fingerprint density at radius 1 is 1.20 bits per heavy atom. The minimum absolute atomic E-state index is 0.0674. The average molecular weight is 340 g/mol. The van der Waals surface area contributed by atoms with Gasteiger partial charge in [-0.25, -0.2) is 0 Å². The molecule has 4 rings (SSSR count). The zero-order valence-corrected chi connectivity index (χ0v) is 14.1. The summed E-state index contributed by atoms with van der Waals surface area (Å²) in [5.41, 5.74) is 1.76. The number of ether oxygens (including phenoxy) is 2. The number of aromatic nitrogens is 5. The van der Waals surface area contributed by atoms with Crippen molar-refractivity contribution in [1.82, 2.24) is 25.3 Å². The Balaban J connectivity index is 1.62. The lowest BCUT2D eigenvalue weighted by atomic mass is 9.73. The fourth-order valence-electron chi connectivity index (χ4n) is 3.39. The van der Waals surface area contributed by atoms with Crippen molar-refractivity contribution in [3.63, 3.8) is 0 Å². The van der Waals surface area contributed by atoms with E-state index in [0.717, 1.165) is 44.2 Å². The van der Waals surface area contributed by atoms with E-state index >= 15 is 0 Å². The number of rotatable bonds is 5. The highest BCUT2D eigenvalue weighted by Crippen LogP contribution is 2.39. The first kappa shape index (κ1) is 15.8. The quantitative estimate of drug-likeness (QED) is 0.756. The van der Waals surface area contributed by atoms with E-state index in [1.54, 1.807) is 7.11 Å². The van der Waals surface area contributed by atoms with Gasteiger partial charge in [0.2, 0.25) is 0 Å². The van der Waals surface area contributed by atoms with Crippen LogP contribution in [0.25, 0.3) is 5.65 Å². The molecule has 1 aromatic carbocycles. The van der Waals surface area contributed by atoms with Gasteiger partial charge < -0.3 is 14.8 Å². The maximum Gasteiger partial charge on any atom is 0.200 e. The van der Waals surface area contributed by atoms with E-state index in [9.17, 15) is 0 Å². The molecule has 8 nitrogen and oxygen atoms in total. The van der Waals surface area contributed by atoms with E-state index in [1.165, 1.54) is 10.2 Å². The van der Waals surface area contributed by atoms with Gasteiger partial charge in [0.1, 0.15) is 11.6 Å². The zero-order chi connectivity index (χ0) is 17.1. The first-order chi connectivity index (χ1) is 12.3. The summed E-state index contributed by atoms with van der Waals surface area (Å²) in [6, 6.07) is 11.9. The number of fused-ring (bicyclic) bond motifs is 1. The molecular formula is C17H20N6O2. The third-order valence-corrected chi connectivity index (χ3v) is 4.81. The molecule has 0 amide bonds. The Bertz CT molecular complexity index is 859. The Hall–Kier alpha value is -2.74. The predicted octanol–water partition coefficient (Wildman–Crippen LogP) is 1.69. The second kappa shape index (κ2) is 6.64. The van der Waals surface area contributed by atoms with Gasteiger partial charge in [0.25, 0.3) is 0 Å². The normalized spacial score (nSPS) is 16.7. The first-order valence-corrected chi connectivity index (χ1v) is 8.31. The van der Waals surface area contributed by atoms with Crippen LogP contribution in [0.4, 0.5) is 5.82 Å². The summed E-state index contributed by atoms with van der Waals surface area (Å²) in [4.78, 5) is 0. The molecule has 8 heteroatoms. The number of benzene rings is 1. The van der Waals surface area contributed by atoms with Crippen LogP contribution in [0.2, 0.25) is 0 Å². The van der Waals surface area contributed by atoms with Gasteiger partial charge in [0.15, 0.2) is 5.65 Å². The van der Waals surface area contributed by atoms with Crippen LogP contribution in [0.15, 0.2) is 36.4 Å². The highest BCUT2D eigenvalue weighted by atomic mass is 16.5. The molecule has 1 aliphatic rings. The molecule has 0 spiro atoms. The predicted molar refractivity (Wildman–Crippen MR) is 91.8 cm³/mol. The van der Waals surface area contributed by atoms with Gasteiger partial charge in [-0.15, -0.1) is 14.8 Å². The largest absolute Gasteiger partial charge is 0.496 e. The van der Waals surface area contributed by atoms with E-state index < -0.39 is 0 Å². The van der Waals surface area contributed by atoms with E-state index in [2.05, 4.69) is 38.1 Å². The Morgan fingerprint density at radius 3 is 2.88 bits per heavy atom. The van der Waals surface area contributed by atoms with Gasteiger partial charge in [0.05, 0.1) is 7.11 Å². The Kier molecular flexibility index (Phi) is 4.19. The second-order valence-electron chi connectivity index (χ2n) is 6.19. The minimum atomic E-state index is -0.0674. The molecule has 1 fully saturated rings. The van der Waals surface area contributed by atoms with Gasteiger partial charge in [-0.05, 0) is 41.5 Å². The minimum Gasteiger partial charge on any atom is -0.496 e. The third kappa shape index (κ3) is 3.00. The molecular weight excluding hydrogens is 320 g/mol. The van der Waals surface area contributed by atoms with Crippen LogP contribution in [-0.2, 0) is 10.2 Å². The van der Waals surface area contributed by atoms with Gasteiger partial charge >= 0.3 is 0 Å². The average Bonchev–Trinajstić information content (AvgIpc) is 3.15. The molecule has 1 N–H and O–H groups in total. The molecule has 2 aromatic heterocycles. The molecule has 3 aromatic rings. The number of hydrogen-bond acceptors (Lipinski definition) is 7. The van der Waals surface area contributed by atoms with Crippen LogP contribution in [0, 0.1) is 0 Å².